The van der Waals surface area contributed by atoms with E-state index < -0.39 is 0 Å². The highest BCUT2D eigenvalue weighted by atomic mass is 32.2. The number of fused-ring (bicyclic) bond motifs is 1. The van der Waals surface area contributed by atoms with Gasteiger partial charge in [-0.3, -0.25) is 14.3 Å². The Morgan fingerprint density at radius 2 is 1.82 bits per heavy atom. The molecule has 1 unspecified atom stereocenters. The van der Waals surface area contributed by atoms with Gasteiger partial charge in [-0.05, 0) is 58.2 Å². The first-order chi connectivity index (χ1) is 15.8. The smallest absolute Gasteiger partial charge is 0.262 e. The number of benzene rings is 1. The third kappa shape index (κ3) is 5.20. The minimum Gasteiger partial charge on any atom is -0.419 e. The van der Waals surface area contributed by atoms with Crippen LogP contribution in [0.5, 0.6) is 0 Å². The average molecular weight is 484 g/mol. The predicted octanol–water partition coefficient (Wildman–Crippen LogP) is 5.48. The van der Waals surface area contributed by atoms with Gasteiger partial charge in [0.05, 0.1) is 21.0 Å². The Morgan fingerprint density at radius 1 is 1.06 bits per heavy atom. The first-order valence-corrected chi connectivity index (χ1v) is 12.9. The van der Waals surface area contributed by atoms with Gasteiger partial charge in [0.25, 0.3) is 11.4 Å². The summed E-state index contributed by atoms with van der Waals surface area (Å²) in [5, 5.41) is 11.6. The molecule has 3 heterocycles. The van der Waals surface area contributed by atoms with Crippen LogP contribution in [0.15, 0.2) is 56.1 Å². The van der Waals surface area contributed by atoms with Gasteiger partial charge < -0.3 is 4.42 Å². The predicted molar refractivity (Wildman–Crippen MR) is 135 cm³/mol. The van der Waals surface area contributed by atoms with Gasteiger partial charge in [0.15, 0.2) is 5.16 Å². The van der Waals surface area contributed by atoms with Crippen LogP contribution in [0.2, 0.25) is 0 Å². The Labute approximate surface area is 201 Å². The van der Waals surface area contributed by atoms with Gasteiger partial charge in [0.1, 0.15) is 0 Å². The van der Waals surface area contributed by atoms with Crippen LogP contribution in [0, 0.1) is 0 Å². The van der Waals surface area contributed by atoms with Crippen LogP contribution in [0.3, 0.4) is 0 Å². The van der Waals surface area contributed by atoms with Crippen molar-refractivity contribution in [3.8, 4) is 10.8 Å². The Bertz CT molecular complexity index is 1260. The second kappa shape index (κ2) is 10.2. The number of nitrogens with zero attached hydrogens (tertiary/aromatic N) is 5. The molecule has 7 nitrogen and oxygen atoms in total. The van der Waals surface area contributed by atoms with E-state index in [4.69, 9.17) is 9.40 Å². The van der Waals surface area contributed by atoms with Gasteiger partial charge in [-0.15, -0.1) is 21.5 Å². The fourth-order valence-corrected chi connectivity index (χ4v) is 5.48. The lowest BCUT2D eigenvalue weighted by molar-refractivity contribution is 0.166. The van der Waals surface area contributed by atoms with Gasteiger partial charge in [0.2, 0.25) is 5.89 Å². The van der Waals surface area contributed by atoms with Crippen LogP contribution in [0.1, 0.15) is 45.8 Å². The quantitative estimate of drug-likeness (QED) is 0.230. The standard InChI is InChI=1S/C24H29N5O2S2/c1-15(2)28(16(3)4)12-13-29-23(30)18-9-6-7-10-19(18)25-24(29)33-17(5)21-26-27-22(31-21)20-11-8-14-32-20/h6-11,14-17H,12-13H2,1-5H3. The zero-order valence-corrected chi connectivity index (χ0v) is 21.2. The van der Waals surface area contributed by atoms with E-state index >= 15 is 0 Å². The molecule has 0 amide bonds. The highest BCUT2D eigenvalue weighted by Crippen LogP contribution is 2.35. The molecule has 4 aromatic rings. The van der Waals surface area contributed by atoms with Crippen molar-refractivity contribution in [1.29, 1.82) is 0 Å². The zero-order valence-electron chi connectivity index (χ0n) is 19.6. The number of hydrogen-bond donors (Lipinski definition) is 0. The van der Waals surface area contributed by atoms with Crippen LogP contribution in [-0.2, 0) is 6.54 Å². The third-order valence-corrected chi connectivity index (χ3v) is 7.47. The van der Waals surface area contributed by atoms with Crippen LogP contribution < -0.4 is 5.56 Å². The summed E-state index contributed by atoms with van der Waals surface area (Å²) in [5.74, 6) is 1.03. The highest BCUT2D eigenvalue weighted by Gasteiger charge is 2.22. The van der Waals surface area contributed by atoms with Crippen molar-refractivity contribution in [3.05, 3.63) is 58.0 Å². The fraction of sp³-hybridized carbons (Fsp3) is 0.417. The first kappa shape index (κ1) is 23.7. The van der Waals surface area contributed by atoms with E-state index in [2.05, 4.69) is 42.8 Å². The lowest BCUT2D eigenvalue weighted by atomic mass is 10.2. The summed E-state index contributed by atoms with van der Waals surface area (Å²) in [7, 11) is 0. The second-order valence-electron chi connectivity index (χ2n) is 8.48. The van der Waals surface area contributed by atoms with Crippen LogP contribution >= 0.6 is 23.1 Å². The fourth-order valence-electron chi connectivity index (χ4n) is 3.87. The van der Waals surface area contributed by atoms with E-state index in [1.165, 1.54) is 11.8 Å². The van der Waals surface area contributed by atoms with E-state index in [1.54, 1.807) is 15.9 Å². The Balaban J connectivity index is 1.65. The summed E-state index contributed by atoms with van der Waals surface area (Å²) in [4.78, 5) is 21.6. The van der Waals surface area contributed by atoms with Crippen molar-refractivity contribution in [2.45, 2.75) is 63.7 Å². The molecule has 1 aromatic carbocycles. The van der Waals surface area contributed by atoms with Crippen LogP contribution in [0.25, 0.3) is 21.7 Å². The Morgan fingerprint density at radius 3 is 2.52 bits per heavy atom. The molecular formula is C24H29N5O2S2. The molecule has 0 N–H and O–H groups in total. The number of rotatable bonds is 9. The van der Waals surface area contributed by atoms with Gasteiger partial charge in [0, 0.05) is 25.2 Å². The third-order valence-electron chi connectivity index (χ3n) is 5.54. The molecule has 9 heteroatoms. The molecule has 0 radical (unpaired) electrons. The summed E-state index contributed by atoms with van der Waals surface area (Å²) in [6.07, 6.45) is 0. The topological polar surface area (TPSA) is 77.1 Å². The normalized spacial score (nSPS) is 13.0. The molecule has 0 aliphatic heterocycles. The zero-order chi connectivity index (χ0) is 23.5. The molecule has 0 saturated heterocycles. The van der Waals surface area contributed by atoms with Crippen LogP contribution in [0.4, 0.5) is 0 Å². The molecule has 33 heavy (non-hydrogen) atoms. The molecule has 174 valence electrons. The van der Waals surface area contributed by atoms with E-state index in [9.17, 15) is 4.79 Å². The maximum atomic E-state index is 13.4. The largest absolute Gasteiger partial charge is 0.419 e. The summed E-state index contributed by atoms with van der Waals surface area (Å²) >= 11 is 3.03. The maximum absolute atomic E-state index is 13.4. The molecule has 0 saturated carbocycles. The summed E-state index contributed by atoms with van der Waals surface area (Å²) in [5.41, 5.74) is 0.676. The number of hydrogen-bond acceptors (Lipinski definition) is 8. The maximum Gasteiger partial charge on any atom is 0.262 e. The first-order valence-electron chi connectivity index (χ1n) is 11.1. The number of thioether (sulfide) groups is 1. The van der Waals surface area contributed by atoms with Gasteiger partial charge in [-0.25, -0.2) is 4.98 Å². The summed E-state index contributed by atoms with van der Waals surface area (Å²) in [6, 6.07) is 12.2. The second-order valence-corrected chi connectivity index (χ2v) is 10.7. The van der Waals surface area contributed by atoms with Crippen LogP contribution in [-0.4, -0.2) is 43.3 Å². The molecule has 1 atom stereocenters. The molecular weight excluding hydrogens is 454 g/mol. The number of thiophene rings is 1. The van der Waals surface area contributed by atoms with Crippen molar-refractivity contribution < 1.29 is 4.42 Å². The van der Waals surface area contributed by atoms with Gasteiger partial charge in [-0.2, -0.15) is 0 Å². The van der Waals surface area contributed by atoms with E-state index in [0.717, 1.165) is 11.4 Å². The monoisotopic (exact) mass is 483 g/mol. The number of aromatic nitrogens is 4. The molecule has 0 bridgehead atoms. The van der Waals surface area contributed by atoms with E-state index in [0.29, 0.717) is 46.5 Å². The summed E-state index contributed by atoms with van der Waals surface area (Å²) in [6.45, 7) is 12.0. The van der Waals surface area contributed by atoms with Crippen molar-refractivity contribution in [3.63, 3.8) is 0 Å². The minimum atomic E-state index is -0.156. The van der Waals surface area contributed by atoms with E-state index in [-0.39, 0.29) is 10.8 Å². The lowest BCUT2D eigenvalue weighted by Gasteiger charge is -2.31. The lowest BCUT2D eigenvalue weighted by Crippen LogP contribution is -2.40. The average Bonchev–Trinajstić information content (AvgIpc) is 3.47. The van der Waals surface area contributed by atoms with Gasteiger partial charge in [-0.1, -0.05) is 30.0 Å². The molecule has 0 fully saturated rings. The van der Waals surface area contributed by atoms with Crippen molar-refractivity contribution in [2.24, 2.45) is 0 Å². The Kier molecular flexibility index (Phi) is 7.31. The van der Waals surface area contributed by atoms with Crippen molar-refractivity contribution in [1.82, 2.24) is 24.6 Å². The SMILES string of the molecule is CC(Sc1nc2ccccc2c(=O)n1CCN(C(C)C)C(C)C)c1nnc(-c2cccs2)o1. The van der Waals surface area contributed by atoms with Gasteiger partial charge >= 0.3 is 0 Å². The molecule has 0 spiro atoms. The molecule has 3 aromatic heterocycles. The number of para-hydroxylation sites is 1. The van der Waals surface area contributed by atoms with Crippen molar-refractivity contribution in [2.75, 3.05) is 6.54 Å². The van der Waals surface area contributed by atoms with E-state index in [1.807, 2.05) is 48.7 Å². The molecule has 0 aliphatic carbocycles. The minimum absolute atomic E-state index is 0.0208. The Hall–Kier alpha value is -2.49. The molecule has 0 aliphatic rings. The molecule has 4 rings (SSSR count). The summed E-state index contributed by atoms with van der Waals surface area (Å²) < 4.78 is 7.71. The highest BCUT2D eigenvalue weighted by molar-refractivity contribution is 7.99. The van der Waals surface area contributed by atoms with Crippen molar-refractivity contribution >= 4 is 34.0 Å².